The average Bonchev–Trinajstić information content (AvgIpc) is 2.60. The Morgan fingerprint density at radius 2 is 1.88 bits per heavy atom. The van der Waals surface area contributed by atoms with Gasteiger partial charge >= 0.3 is 5.97 Å². The van der Waals surface area contributed by atoms with Crippen LogP contribution < -0.4 is 0 Å². The molecule has 0 radical (unpaired) electrons. The van der Waals surface area contributed by atoms with Gasteiger partial charge in [0.05, 0.1) is 16.8 Å². The van der Waals surface area contributed by atoms with Crippen LogP contribution in [0, 0.1) is 6.92 Å². The van der Waals surface area contributed by atoms with Gasteiger partial charge in [0.1, 0.15) is 0 Å². The molecular formula is C21H20BrNO2. The number of hydrogen-bond acceptors (Lipinski definition) is 2. The maximum Gasteiger partial charge on any atom is 0.336 e. The fourth-order valence-corrected chi connectivity index (χ4v) is 3.45. The molecule has 3 aromatic rings. The summed E-state index contributed by atoms with van der Waals surface area (Å²) >= 11 is 3.41. The third kappa shape index (κ3) is 3.31. The lowest BCUT2D eigenvalue weighted by molar-refractivity contribution is 0.0698. The molecule has 0 saturated heterocycles. The molecule has 1 aromatic heterocycles. The van der Waals surface area contributed by atoms with E-state index >= 15 is 0 Å². The van der Waals surface area contributed by atoms with Gasteiger partial charge in [-0.3, -0.25) is 0 Å². The first-order chi connectivity index (χ1) is 11.9. The number of halogens is 1. The zero-order valence-corrected chi connectivity index (χ0v) is 16.1. The summed E-state index contributed by atoms with van der Waals surface area (Å²) in [6.07, 6.45) is 1.09. The largest absolute Gasteiger partial charge is 0.478 e. The Hall–Kier alpha value is -2.20. The number of carboxylic acid groups (broad SMARTS) is 1. The van der Waals surface area contributed by atoms with Crippen LogP contribution in [-0.2, 0) is 0 Å². The topological polar surface area (TPSA) is 50.2 Å². The molecule has 4 heteroatoms. The van der Waals surface area contributed by atoms with Crippen molar-refractivity contribution in [2.45, 2.75) is 33.1 Å². The summed E-state index contributed by atoms with van der Waals surface area (Å²) < 4.78 is 0.842. The summed E-state index contributed by atoms with van der Waals surface area (Å²) in [5.74, 6) is -0.424. The maximum absolute atomic E-state index is 11.9. The number of benzene rings is 2. The van der Waals surface area contributed by atoms with Crippen LogP contribution in [-0.4, -0.2) is 16.1 Å². The molecular weight excluding hydrogens is 378 g/mol. The molecule has 1 heterocycles. The zero-order valence-electron chi connectivity index (χ0n) is 14.5. The highest BCUT2D eigenvalue weighted by molar-refractivity contribution is 9.10. The molecule has 2 aromatic carbocycles. The van der Waals surface area contributed by atoms with Crippen molar-refractivity contribution in [3.05, 3.63) is 63.6 Å². The van der Waals surface area contributed by atoms with E-state index in [4.69, 9.17) is 4.98 Å². The van der Waals surface area contributed by atoms with Gasteiger partial charge < -0.3 is 5.11 Å². The van der Waals surface area contributed by atoms with Crippen LogP contribution >= 0.6 is 15.9 Å². The first-order valence-electron chi connectivity index (χ1n) is 8.35. The lowest BCUT2D eigenvalue weighted by Gasteiger charge is -2.14. The normalized spacial score (nSPS) is 12.3. The standard InChI is InChI=1S/C21H20BrNO2/c1-4-12(2)14-5-7-15(8-6-14)20-13(3)19(21(24)25)17-11-16(22)9-10-18(17)23-20/h5-12H,4H2,1-3H3,(H,24,25)/t12-/m0/s1. The van der Waals surface area contributed by atoms with E-state index < -0.39 is 5.97 Å². The van der Waals surface area contributed by atoms with Crippen LogP contribution in [0.5, 0.6) is 0 Å². The van der Waals surface area contributed by atoms with E-state index in [2.05, 4.69) is 41.9 Å². The maximum atomic E-state index is 11.9. The fraction of sp³-hybridized carbons (Fsp3) is 0.238. The lowest BCUT2D eigenvalue weighted by Crippen LogP contribution is -2.05. The van der Waals surface area contributed by atoms with Gasteiger partial charge in [-0.05, 0) is 48.6 Å². The predicted octanol–water partition coefficient (Wildman–Crippen LogP) is 6.18. The summed E-state index contributed by atoms with van der Waals surface area (Å²) in [4.78, 5) is 16.6. The number of aromatic nitrogens is 1. The van der Waals surface area contributed by atoms with E-state index in [1.807, 2.05) is 37.3 Å². The second kappa shape index (κ2) is 6.96. The molecule has 25 heavy (non-hydrogen) atoms. The Kier molecular flexibility index (Phi) is 4.91. The number of carbonyl (C=O) groups is 1. The van der Waals surface area contributed by atoms with Gasteiger partial charge in [-0.2, -0.15) is 0 Å². The second-order valence-electron chi connectivity index (χ2n) is 6.36. The van der Waals surface area contributed by atoms with Gasteiger partial charge in [-0.25, -0.2) is 9.78 Å². The number of nitrogens with zero attached hydrogens (tertiary/aromatic N) is 1. The van der Waals surface area contributed by atoms with Gasteiger partial charge in [-0.15, -0.1) is 0 Å². The van der Waals surface area contributed by atoms with Crippen molar-refractivity contribution in [1.82, 2.24) is 4.98 Å². The van der Waals surface area contributed by atoms with Crippen LogP contribution in [0.4, 0.5) is 0 Å². The first-order valence-corrected chi connectivity index (χ1v) is 9.15. The van der Waals surface area contributed by atoms with E-state index in [0.29, 0.717) is 27.9 Å². The summed E-state index contributed by atoms with van der Waals surface area (Å²) in [7, 11) is 0. The molecule has 0 amide bonds. The number of hydrogen-bond donors (Lipinski definition) is 1. The minimum Gasteiger partial charge on any atom is -0.478 e. The summed E-state index contributed by atoms with van der Waals surface area (Å²) in [5.41, 5.74) is 4.64. The van der Waals surface area contributed by atoms with Crippen molar-refractivity contribution < 1.29 is 9.90 Å². The first kappa shape index (κ1) is 17.6. The molecule has 3 rings (SSSR count). The molecule has 0 fully saturated rings. The second-order valence-corrected chi connectivity index (χ2v) is 7.27. The van der Waals surface area contributed by atoms with E-state index in [9.17, 15) is 9.90 Å². The van der Waals surface area contributed by atoms with Crippen molar-refractivity contribution in [3.8, 4) is 11.3 Å². The number of carboxylic acids is 1. The van der Waals surface area contributed by atoms with Crippen LogP contribution in [0.3, 0.4) is 0 Å². The van der Waals surface area contributed by atoms with Crippen molar-refractivity contribution in [1.29, 1.82) is 0 Å². The fourth-order valence-electron chi connectivity index (χ4n) is 3.09. The highest BCUT2D eigenvalue weighted by Crippen LogP contribution is 2.32. The Balaban J connectivity index is 2.21. The number of aromatic carboxylic acids is 1. The molecule has 0 aliphatic rings. The minimum atomic E-state index is -0.930. The summed E-state index contributed by atoms with van der Waals surface area (Å²) in [5, 5.41) is 10.4. The van der Waals surface area contributed by atoms with Crippen molar-refractivity contribution in [2.75, 3.05) is 0 Å². The van der Waals surface area contributed by atoms with E-state index in [1.54, 1.807) is 0 Å². The number of rotatable bonds is 4. The van der Waals surface area contributed by atoms with Crippen molar-refractivity contribution in [3.63, 3.8) is 0 Å². The van der Waals surface area contributed by atoms with Crippen molar-refractivity contribution >= 4 is 32.8 Å². The molecule has 0 bridgehead atoms. The van der Waals surface area contributed by atoms with Crippen LogP contribution in [0.25, 0.3) is 22.2 Å². The molecule has 1 N–H and O–H groups in total. The monoisotopic (exact) mass is 397 g/mol. The predicted molar refractivity (Wildman–Crippen MR) is 105 cm³/mol. The van der Waals surface area contributed by atoms with Gasteiger partial charge in [-0.1, -0.05) is 54.0 Å². The average molecular weight is 398 g/mol. The Morgan fingerprint density at radius 1 is 1.20 bits per heavy atom. The quantitative estimate of drug-likeness (QED) is 0.571. The van der Waals surface area contributed by atoms with Crippen LogP contribution in [0.15, 0.2) is 46.9 Å². The molecule has 0 spiro atoms. The molecule has 0 unspecified atom stereocenters. The van der Waals surface area contributed by atoms with Crippen LogP contribution in [0.1, 0.15) is 47.7 Å². The molecule has 1 atom stereocenters. The molecule has 0 saturated carbocycles. The van der Waals surface area contributed by atoms with Crippen LogP contribution in [0.2, 0.25) is 0 Å². The van der Waals surface area contributed by atoms with E-state index in [-0.39, 0.29) is 0 Å². The van der Waals surface area contributed by atoms with E-state index in [1.165, 1.54) is 5.56 Å². The third-order valence-electron chi connectivity index (χ3n) is 4.77. The number of pyridine rings is 1. The van der Waals surface area contributed by atoms with Gasteiger partial charge in [0.2, 0.25) is 0 Å². The summed E-state index contributed by atoms with van der Waals surface area (Å²) in [6.45, 7) is 6.20. The summed E-state index contributed by atoms with van der Waals surface area (Å²) in [6, 6.07) is 13.8. The SMILES string of the molecule is CC[C@H](C)c1ccc(-c2nc3ccc(Br)cc3c(C(=O)O)c2C)cc1. The minimum absolute atomic E-state index is 0.312. The molecule has 128 valence electrons. The van der Waals surface area contributed by atoms with E-state index in [0.717, 1.165) is 22.2 Å². The zero-order chi connectivity index (χ0) is 18.1. The Labute approximate surface area is 155 Å². The van der Waals surface area contributed by atoms with Gasteiger partial charge in [0.25, 0.3) is 0 Å². The Bertz CT molecular complexity index is 948. The van der Waals surface area contributed by atoms with Gasteiger partial charge in [0, 0.05) is 15.4 Å². The highest BCUT2D eigenvalue weighted by Gasteiger charge is 2.18. The van der Waals surface area contributed by atoms with Crippen molar-refractivity contribution in [2.24, 2.45) is 0 Å². The number of fused-ring (bicyclic) bond motifs is 1. The highest BCUT2D eigenvalue weighted by atomic mass is 79.9. The molecule has 0 aliphatic carbocycles. The third-order valence-corrected chi connectivity index (χ3v) is 5.26. The smallest absolute Gasteiger partial charge is 0.336 e. The lowest BCUT2D eigenvalue weighted by atomic mass is 9.94. The van der Waals surface area contributed by atoms with Gasteiger partial charge in [0.15, 0.2) is 0 Å². The Morgan fingerprint density at radius 3 is 2.48 bits per heavy atom. The molecule has 0 aliphatic heterocycles. The molecule has 3 nitrogen and oxygen atoms in total.